The second-order valence-electron chi connectivity index (χ2n) is 5.38. The molecule has 2 nitrogen and oxygen atoms in total. The summed E-state index contributed by atoms with van der Waals surface area (Å²) in [7, 11) is 0. The van der Waals surface area contributed by atoms with Crippen LogP contribution in [0.25, 0.3) is 0 Å². The van der Waals surface area contributed by atoms with Gasteiger partial charge in [0.15, 0.2) is 0 Å². The molecule has 2 atom stereocenters. The fourth-order valence-corrected chi connectivity index (χ4v) is 1.97. The van der Waals surface area contributed by atoms with Crippen molar-refractivity contribution in [1.82, 2.24) is 5.43 Å². The molecule has 0 saturated heterocycles. The molecule has 0 aliphatic heterocycles. The topological polar surface area (TPSA) is 38.0 Å². The highest BCUT2D eigenvalue weighted by atomic mass is 15.2. The molecule has 0 aromatic rings. The van der Waals surface area contributed by atoms with Crippen molar-refractivity contribution in [2.24, 2.45) is 17.2 Å². The van der Waals surface area contributed by atoms with Crippen LogP contribution >= 0.6 is 0 Å². The lowest BCUT2D eigenvalue weighted by atomic mass is 9.83. The van der Waals surface area contributed by atoms with Gasteiger partial charge in [0, 0.05) is 6.04 Å². The quantitative estimate of drug-likeness (QED) is 0.512. The van der Waals surface area contributed by atoms with Gasteiger partial charge in [-0.25, -0.2) is 0 Å². The van der Waals surface area contributed by atoms with E-state index in [9.17, 15) is 0 Å². The first-order valence-electron chi connectivity index (χ1n) is 5.35. The van der Waals surface area contributed by atoms with Crippen LogP contribution in [0.15, 0.2) is 0 Å². The SMILES string of the molecule is CCC(CC(C)CC(C)(C)C)NN. The Bertz CT molecular complexity index is 123. The normalized spacial score (nSPS) is 17.1. The van der Waals surface area contributed by atoms with E-state index in [0.29, 0.717) is 11.5 Å². The first kappa shape index (κ1) is 12.9. The molecule has 80 valence electrons. The highest BCUT2D eigenvalue weighted by Crippen LogP contribution is 2.26. The molecule has 0 rings (SSSR count). The zero-order chi connectivity index (χ0) is 10.5. The summed E-state index contributed by atoms with van der Waals surface area (Å²) in [6.45, 7) is 11.4. The third kappa shape index (κ3) is 7.03. The van der Waals surface area contributed by atoms with Gasteiger partial charge in [0.1, 0.15) is 0 Å². The van der Waals surface area contributed by atoms with Gasteiger partial charge in [-0.1, -0.05) is 34.6 Å². The minimum absolute atomic E-state index is 0.437. The largest absolute Gasteiger partial charge is 0.271 e. The van der Waals surface area contributed by atoms with Crippen LogP contribution in [0.1, 0.15) is 53.9 Å². The molecule has 13 heavy (non-hydrogen) atoms. The number of hydrogen-bond acceptors (Lipinski definition) is 2. The van der Waals surface area contributed by atoms with Crippen molar-refractivity contribution in [2.75, 3.05) is 0 Å². The van der Waals surface area contributed by atoms with Gasteiger partial charge in [-0.2, -0.15) is 0 Å². The van der Waals surface area contributed by atoms with Crippen LogP contribution < -0.4 is 11.3 Å². The summed E-state index contributed by atoms with van der Waals surface area (Å²) in [5.74, 6) is 6.20. The van der Waals surface area contributed by atoms with E-state index in [1.165, 1.54) is 12.8 Å². The van der Waals surface area contributed by atoms with E-state index in [0.717, 1.165) is 12.3 Å². The summed E-state index contributed by atoms with van der Waals surface area (Å²) in [5.41, 5.74) is 3.31. The minimum Gasteiger partial charge on any atom is -0.271 e. The average molecular weight is 186 g/mol. The van der Waals surface area contributed by atoms with Crippen LogP contribution in [-0.4, -0.2) is 6.04 Å². The predicted octanol–water partition coefficient (Wildman–Crippen LogP) is 2.69. The van der Waals surface area contributed by atoms with Crippen molar-refractivity contribution in [2.45, 2.75) is 59.9 Å². The van der Waals surface area contributed by atoms with E-state index in [1.54, 1.807) is 0 Å². The van der Waals surface area contributed by atoms with Crippen molar-refractivity contribution in [3.63, 3.8) is 0 Å². The molecule has 0 fully saturated rings. The molecule has 0 amide bonds. The van der Waals surface area contributed by atoms with Gasteiger partial charge >= 0.3 is 0 Å². The number of rotatable bonds is 5. The van der Waals surface area contributed by atoms with E-state index >= 15 is 0 Å². The Kier molecular flexibility index (Phi) is 5.57. The maximum absolute atomic E-state index is 5.45. The maximum Gasteiger partial charge on any atom is 0.0210 e. The lowest BCUT2D eigenvalue weighted by Crippen LogP contribution is -2.36. The van der Waals surface area contributed by atoms with Gasteiger partial charge in [-0.15, -0.1) is 0 Å². The number of nitrogens with two attached hydrogens (primary N) is 1. The first-order valence-corrected chi connectivity index (χ1v) is 5.35. The van der Waals surface area contributed by atoms with Crippen LogP contribution in [0, 0.1) is 11.3 Å². The summed E-state index contributed by atoms with van der Waals surface area (Å²) in [4.78, 5) is 0. The standard InChI is InChI=1S/C11H26N2/c1-6-10(13-12)7-9(2)8-11(3,4)5/h9-10,13H,6-8,12H2,1-5H3. The molecule has 0 spiro atoms. The summed E-state index contributed by atoms with van der Waals surface area (Å²) < 4.78 is 0. The van der Waals surface area contributed by atoms with Gasteiger partial charge in [0.2, 0.25) is 0 Å². The summed E-state index contributed by atoms with van der Waals surface area (Å²) in [6.07, 6.45) is 3.57. The van der Waals surface area contributed by atoms with E-state index in [2.05, 4.69) is 40.0 Å². The third-order valence-electron chi connectivity index (χ3n) is 2.38. The van der Waals surface area contributed by atoms with Crippen molar-refractivity contribution in [1.29, 1.82) is 0 Å². The zero-order valence-corrected chi connectivity index (χ0v) is 9.85. The maximum atomic E-state index is 5.45. The van der Waals surface area contributed by atoms with Crippen molar-refractivity contribution in [3.05, 3.63) is 0 Å². The molecule has 0 saturated carbocycles. The molecular weight excluding hydrogens is 160 g/mol. The lowest BCUT2D eigenvalue weighted by molar-refractivity contribution is 0.273. The molecule has 0 heterocycles. The molecule has 0 aromatic carbocycles. The summed E-state index contributed by atoms with van der Waals surface area (Å²) in [6, 6.07) is 0.484. The zero-order valence-electron chi connectivity index (χ0n) is 9.85. The van der Waals surface area contributed by atoms with Gasteiger partial charge in [-0.3, -0.25) is 11.3 Å². The van der Waals surface area contributed by atoms with Crippen molar-refractivity contribution >= 4 is 0 Å². The monoisotopic (exact) mass is 186 g/mol. The van der Waals surface area contributed by atoms with Gasteiger partial charge in [0.05, 0.1) is 0 Å². The van der Waals surface area contributed by atoms with E-state index in [1.807, 2.05) is 0 Å². The molecule has 0 aliphatic carbocycles. The predicted molar refractivity (Wildman–Crippen MR) is 59.3 cm³/mol. The third-order valence-corrected chi connectivity index (χ3v) is 2.38. The second-order valence-corrected chi connectivity index (χ2v) is 5.38. The molecule has 0 radical (unpaired) electrons. The molecule has 3 N–H and O–H groups in total. The molecule has 2 heteroatoms. The van der Waals surface area contributed by atoms with Gasteiger partial charge < -0.3 is 0 Å². The summed E-state index contributed by atoms with van der Waals surface area (Å²) >= 11 is 0. The van der Waals surface area contributed by atoms with Gasteiger partial charge in [0.25, 0.3) is 0 Å². The van der Waals surface area contributed by atoms with Crippen LogP contribution in [0.3, 0.4) is 0 Å². The van der Waals surface area contributed by atoms with Crippen LogP contribution in [-0.2, 0) is 0 Å². The van der Waals surface area contributed by atoms with Crippen LogP contribution in [0.5, 0.6) is 0 Å². The Balaban J connectivity index is 3.79. The Morgan fingerprint density at radius 3 is 2.15 bits per heavy atom. The fraction of sp³-hybridized carbons (Fsp3) is 1.00. The van der Waals surface area contributed by atoms with Crippen molar-refractivity contribution in [3.8, 4) is 0 Å². The van der Waals surface area contributed by atoms with Crippen LogP contribution in [0.2, 0.25) is 0 Å². The van der Waals surface area contributed by atoms with Crippen LogP contribution in [0.4, 0.5) is 0 Å². The Hall–Kier alpha value is -0.0800. The second kappa shape index (κ2) is 5.61. The van der Waals surface area contributed by atoms with Gasteiger partial charge in [-0.05, 0) is 30.6 Å². The highest BCUT2D eigenvalue weighted by Gasteiger charge is 2.17. The lowest BCUT2D eigenvalue weighted by Gasteiger charge is -2.25. The minimum atomic E-state index is 0.437. The first-order chi connectivity index (χ1) is 5.89. The fourth-order valence-electron chi connectivity index (χ4n) is 1.97. The smallest absolute Gasteiger partial charge is 0.0210 e. The Morgan fingerprint density at radius 1 is 1.31 bits per heavy atom. The Labute approximate surface area is 83.2 Å². The van der Waals surface area contributed by atoms with Crippen molar-refractivity contribution < 1.29 is 0 Å². The number of hydrazine groups is 1. The average Bonchev–Trinajstić information content (AvgIpc) is 1.96. The molecule has 2 unspecified atom stereocenters. The number of hydrogen-bond donors (Lipinski definition) is 2. The molecular formula is C11H26N2. The highest BCUT2D eigenvalue weighted by molar-refractivity contribution is 4.71. The van der Waals surface area contributed by atoms with E-state index in [4.69, 9.17) is 5.84 Å². The Morgan fingerprint density at radius 2 is 1.85 bits per heavy atom. The van der Waals surface area contributed by atoms with E-state index < -0.39 is 0 Å². The number of nitrogens with one attached hydrogen (secondary N) is 1. The molecule has 0 aliphatic rings. The molecule has 0 bridgehead atoms. The summed E-state index contributed by atoms with van der Waals surface area (Å²) in [5, 5.41) is 0. The molecule has 0 aromatic heterocycles. The van der Waals surface area contributed by atoms with E-state index in [-0.39, 0.29) is 0 Å².